The van der Waals surface area contributed by atoms with Crippen LogP contribution in [-0.2, 0) is 17.9 Å². The van der Waals surface area contributed by atoms with Crippen LogP contribution in [-0.4, -0.2) is 40.5 Å². The van der Waals surface area contributed by atoms with E-state index in [9.17, 15) is 4.79 Å². The second-order valence-electron chi connectivity index (χ2n) is 5.80. The van der Waals surface area contributed by atoms with Crippen molar-refractivity contribution in [3.63, 3.8) is 0 Å². The van der Waals surface area contributed by atoms with Crippen LogP contribution in [0.3, 0.4) is 0 Å². The second-order valence-corrected chi connectivity index (χ2v) is 5.80. The fourth-order valence-corrected chi connectivity index (χ4v) is 2.26. The number of nitrogens with one attached hydrogen (secondary N) is 1. The van der Waals surface area contributed by atoms with Crippen molar-refractivity contribution in [2.24, 2.45) is 0 Å². The Kier molecular flexibility index (Phi) is 4.96. The lowest BCUT2D eigenvalue weighted by atomic mass is 10.2. The molecule has 2 rings (SSSR count). The molecule has 0 radical (unpaired) electrons. The van der Waals surface area contributed by atoms with Crippen molar-refractivity contribution in [2.75, 3.05) is 14.1 Å². The van der Waals surface area contributed by atoms with E-state index in [0.717, 1.165) is 17.6 Å². The molecule has 114 valence electrons. The van der Waals surface area contributed by atoms with E-state index in [4.69, 9.17) is 0 Å². The molecule has 0 aliphatic carbocycles. The van der Waals surface area contributed by atoms with Crippen LogP contribution in [0.15, 0.2) is 24.5 Å². The SMILES string of the molecule is CC(C)NCc1cn(CCC(=O)N(C)C)c2ncccc12. The fourth-order valence-electron chi connectivity index (χ4n) is 2.26. The van der Waals surface area contributed by atoms with Gasteiger partial charge in [0.1, 0.15) is 5.65 Å². The highest BCUT2D eigenvalue weighted by atomic mass is 16.2. The molecular formula is C16H24N4O. The van der Waals surface area contributed by atoms with E-state index < -0.39 is 0 Å². The van der Waals surface area contributed by atoms with Crippen LogP contribution in [0.4, 0.5) is 0 Å². The number of carbonyl (C=O) groups excluding carboxylic acids is 1. The lowest BCUT2D eigenvalue weighted by molar-refractivity contribution is -0.128. The van der Waals surface area contributed by atoms with Crippen LogP contribution in [0.2, 0.25) is 0 Å². The molecule has 0 bridgehead atoms. The summed E-state index contributed by atoms with van der Waals surface area (Å²) in [6.07, 6.45) is 4.40. The Morgan fingerprint density at radius 2 is 2.19 bits per heavy atom. The highest BCUT2D eigenvalue weighted by Crippen LogP contribution is 2.19. The standard InChI is InChI=1S/C16H24N4O/c1-12(2)18-10-13-11-20(9-7-15(21)19(3)4)16-14(13)6-5-8-17-16/h5-6,8,11-12,18H,7,9-10H2,1-4H3. The molecule has 0 aromatic carbocycles. The fraction of sp³-hybridized carbons (Fsp3) is 0.500. The lowest BCUT2D eigenvalue weighted by Crippen LogP contribution is -2.23. The Hall–Kier alpha value is -1.88. The van der Waals surface area contributed by atoms with Crippen LogP contribution in [0.1, 0.15) is 25.8 Å². The van der Waals surface area contributed by atoms with Gasteiger partial charge in [0.2, 0.25) is 5.91 Å². The van der Waals surface area contributed by atoms with Crippen molar-refractivity contribution in [3.8, 4) is 0 Å². The van der Waals surface area contributed by atoms with Gasteiger partial charge in [0.05, 0.1) is 0 Å². The first-order valence-corrected chi connectivity index (χ1v) is 7.35. The van der Waals surface area contributed by atoms with Gasteiger partial charge < -0.3 is 14.8 Å². The predicted molar refractivity (Wildman–Crippen MR) is 85.0 cm³/mol. The minimum absolute atomic E-state index is 0.134. The summed E-state index contributed by atoms with van der Waals surface area (Å²) < 4.78 is 2.08. The summed E-state index contributed by atoms with van der Waals surface area (Å²) >= 11 is 0. The first-order valence-electron chi connectivity index (χ1n) is 7.35. The maximum atomic E-state index is 11.8. The van der Waals surface area contributed by atoms with E-state index >= 15 is 0 Å². The predicted octanol–water partition coefficient (Wildman–Crippen LogP) is 2.01. The molecule has 1 amide bonds. The van der Waals surface area contributed by atoms with E-state index in [2.05, 4.69) is 41.0 Å². The van der Waals surface area contributed by atoms with Crippen molar-refractivity contribution < 1.29 is 4.79 Å². The number of amides is 1. The molecule has 0 unspecified atom stereocenters. The summed E-state index contributed by atoms with van der Waals surface area (Å²) in [7, 11) is 3.57. The molecule has 2 aromatic heterocycles. The normalized spacial score (nSPS) is 11.3. The zero-order valence-electron chi connectivity index (χ0n) is 13.3. The molecule has 0 aliphatic heterocycles. The zero-order valence-corrected chi connectivity index (χ0v) is 13.3. The quantitative estimate of drug-likeness (QED) is 0.884. The minimum atomic E-state index is 0.134. The molecule has 0 saturated carbocycles. The molecule has 0 saturated heterocycles. The van der Waals surface area contributed by atoms with Gasteiger partial charge in [-0.05, 0) is 17.7 Å². The summed E-state index contributed by atoms with van der Waals surface area (Å²) in [5, 5.41) is 4.59. The maximum absolute atomic E-state index is 11.8. The van der Waals surface area contributed by atoms with Gasteiger partial charge in [0.25, 0.3) is 0 Å². The third kappa shape index (κ3) is 3.82. The van der Waals surface area contributed by atoms with Gasteiger partial charge in [0, 0.05) is 57.4 Å². The topological polar surface area (TPSA) is 50.2 Å². The number of pyridine rings is 1. The Morgan fingerprint density at radius 1 is 1.43 bits per heavy atom. The number of hydrogen-bond donors (Lipinski definition) is 1. The van der Waals surface area contributed by atoms with E-state index in [1.165, 1.54) is 5.56 Å². The Balaban J connectivity index is 2.21. The van der Waals surface area contributed by atoms with Gasteiger partial charge >= 0.3 is 0 Å². The Morgan fingerprint density at radius 3 is 2.86 bits per heavy atom. The number of aryl methyl sites for hydroxylation is 1. The van der Waals surface area contributed by atoms with Crippen LogP contribution in [0.25, 0.3) is 11.0 Å². The van der Waals surface area contributed by atoms with Crippen LogP contribution in [0.5, 0.6) is 0 Å². The molecule has 2 aromatic rings. The molecule has 0 fully saturated rings. The highest BCUT2D eigenvalue weighted by molar-refractivity contribution is 5.81. The van der Waals surface area contributed by atoms with Gasteiger partial charge in [-0.25, -0.2) is 4.98 Å². The van der Waals surface area contributed by atoms with E-state index in [0.29, 0.717) is 19.0 Å². The average molecular weight is 288 g/mol. The summed E-state index contributed by atoms with van der Waals surface area (Å²) in [6.45, 7) is 5.74. The number of carbonyl (C=O) groups is 1. The largest absolute Gasteiger partial charge is 0.349 e. The van der Waals surface area contributed by atoms with Gasteiger partial charge in [0.15, 0.2) is 0 Å². The second kappa shape index (κ2) is 6.72. The summed E-state index contributed by atoms with van der Waals surface area (Å²) in [6, 6.07) is 4.48. The number of nitrogens with zero attached hydrogens (tertiary/aromatic N) is 3. The van der Waals surface area contributed by atoms with E-state index in [1.54, 1.807) is 25.2 Å². The molecule has 21 heavy (non-hydrogen) atoms. The molecule has 1 N–H and O–H groups in total. The average Bonchev–Trinajstić information content (AvgIpc) is 2.80. The highest BCUT2D eigenvalue weighted by Gasteiger charge is 2.11. The maximum Gasteiger partial charge on any atom is 0.223 e. The first-order chi connectivity index (χ1) is 9.99. The van der Waals surface area contributed by atoms with Crippen LogP contribution >= 0.6 is 0 Å². The third-order valence-corrected chi connectivity index (χ3v) is 3.48. The Bertz CT molecular complexity index is 616. The van der Waals surface area contributed by atoms with Crippen molar-refractivity contribution in [2.45, 2.75) is 39.4 Å². The van der Waals surface area contributed by atoms with E-state index in [1.807, 2.05) is 6.07 Å². The number of aromatic nitrogens is 2. The molecular weight excluding hydrogens is 264 g/mol. The first kappa shape index (κ1) is 15.5. The van der Waals surface area contributed by atoms with Crippen LogP contribution in [0, 0.1) is 0 Å². The monoisotopic (exact) mass is 288 g/mol. The van der Waals surface area contributed by atoms with Crippen molar-refractivity contribution in [3.05, 3.63) is 30.1 Å². The van der Waals surface area contributed by atoms with Gasteiger partial charge in [-0.15, -0.1) is 0 Å². The van der Waals surface area contributed by atoms with Gasteiger partial charge in [-0.2, -0.15) is 0 Å². The van der Waals surface area contributed by atoms with Gasteiger partial charge in [-0.1, -0.05) is 13.8 Å². The van der Waals surface area contributed by atoms with Crippen molar-refractivity contribution in [1.82, 2.24) is 19.8 Å². The van der Waals surface area contributed by atoms with Crippen LogP contribution < -0.4 is 5.32 Å². The Labute approximate surface area is 126 Å². The van der Waals surface area contributed by atoms with Crippen molar-refractivity contribution in [1.29, 1.82) is 0 Å². The lowest BCUT2D eigenvalue weighted by Gasteiger charge is -2.10. The zero-order chi connectivity index (χ0) is 15.4. The van der Waals surface area contributed by atoms with Gasteiger partial charge in [-0.3, -0.25) is 4.79 Å². The molecule has 5 heteroatoms. The summed E-state index contributed by atoms with van der Waals surface area (Å²) in [5.74, 6) is 0.134. The number of fused-ring (bicyclic) bond motifs is 1. The molecule has 2 heterocycles. The summed E-state index contributed by atoms with van der Waals surface area (Å²) in [4.78, 5) is 17.8. The van der Waals surface area contributed by atoms with E-state index in [-0.39, 0.29) is 5.91 Å². The summed E-state index contributed by atoms with van der Waals surface area (Å²) in [5.41, 5.74) is 2.17. The third-order valence-electron chi connectivity index (χ3n) is 3.48. The number of rotatable bonds is 6. The molecule has 0 spiro atoms. The molecule has 0 atom stereocenters. The molecule has 5 nitrogen and oxygen atoms in total. The minimum Gasteiger partial charge on any atom is -0.349 e. The molecule has 0 aliphatic rings. The number of hydrogen-bond acceptors (Lipinski definition) is 3. The van der Waals surface area contributed by atoms with Crippen molar-refractivity contribution >= 4 is 16.9 Å². The smallest absolute Gasteiger partial charge is 0.223 e.